The molecule has 0 aromatic heterocycles. The summed E-state index contributed by atoms with van der Waals surface area (Å²) in [6.07, 6.45) is 0. The normalized spacial score (nSPS) is 13.3. The zero-order valence-electron chi connectivity index (χ0n) is 6.72. The van der Waals surface area contributed by atoms with Crippen LogP contribution in [0.1, 0.15) is 0 Å². The molecular weight excluding hydrogens is 376 g/mol. The van der Waals surface area contributed by atoms with Crippen LogP contribution in [0.2, 0.25) is 0 Å². The summed E-state index contributed by atoms with van der Waals surface area (Å²) in [7, 11) is 0. The van der Waals surface area contributed by atoms with Crippen LogP contribution in [0.5, 0.6) is 0 Å². The molecule has 0 fully saturated rings. The van der Waals surface area contributed by atoms with Gasteiger partial charge in [-0.2, -0.15) is 0 Å². The SMILES string of the molecule is O=S([O-])O.O=S([O-])O.O=S([O-])O.[Cd+2].[Na+]. The van der Waals surface area contributed by atoms with E-state index in [2.05, 4.69) is 0 Å². The van der Waals surface area contributed by atoms with Crippen molar-refractivity contribution in [3.63, 3.8) is 0 Å². The summed E-state index contributed by atoms with van der Waals surface area (Å²) in [6, 6.07) is 0. The molecule has 0 rings (SSSR count). The zero-order chi connectivity index (χ0) is 10.7. The molecule has 3 N–H and O–H groups in total. The summed E-state index contributed by atoms with van der Waals surface area (Å²) in [6.45, 7) is 0. The Hall–Kier alpha value is 2.13. The molecule has 0 aromatic rings. The van der Waals surface area contributed by atoms with Gasteiger partial charge in [0.05, 0.1) is 34.1 Å². The standard InChI is InChI=1S/Cd.Na.3H2O3S/c;;3*1-4(2)3/h;;3*(H2,1,2,3)/q+2;+1;;;/p-3. The molecule has 0 aliphatic rings. The van der Waals surface area contributed by atoms with Crippen molar-refractivity contribution in [1.29, 1.82) is 0 Å². The largest absolute Gasteiger partial charge is 2.00 e. The predicted octanol–water partition coefficient (Wildman–Crippen LogP) is -4.98. The van der Waals surface area contributed by atoms with E-state index in [0.29, 0.717) is 0 Å². The molecule has 14 heavy (non-hydrogen) atoms. The van der Waals surface area contributed by atoms with Crippen molar-refractivity contribution >= 4 is 34.1 Å². The van der Waals surface area contributed by atoms with Gasteiger partial charge in [-0.1, -0.05) is 0 Å². The van der Waals surface area contributed by atoms with E-state index in [1.807, 2.05) is 0 Å². The van der Waals surface area contributed by atoms with Gasteiger partial charge >= 0.3 is 56.9 Å². The van der Waals surface area contributed by atoms with Crippen LogP contribution < -0.4 is 29.6 Å². The van der Waals surface area contributed by atoms with Crippen LogP contribution in [-0.4, -0.2) is 39.9 Å². The van der Waals surface area contributed by atoms with Gasteiger partial charge in [-0.3, -0.25) is 0 Å². The van der Waals surface area contributed by atoms with E-state index in [0.717, 1.165) is 0 Å². The second-order valence-electron chi connectivity index (χ2n) is 0.651. The fourth-order valence-electron chi connectivity index (χ4n) is 0. The van der Waals surface area contributed by atoms with Crippen LogP contribution in [0.3, 0.4) is 0 Å². The van der Waals surface area contributed by atoms with Gasteiger partial charge in [0.2, 0.25) is 0 Å². The summed E-state index contributed by atoms with van der Waals surface area (Å²) >= 11 is -8.58. The van der Waals surface area contributed by atoms with Crippen LogP contribution in [0, 0.1) is 0 Å². The summed E-state index contributed by atoms with van der Waals surface area (Å²) in [5, 5.41) is 0. The zero-order valence-corrected chi connectivity index (χ0v) is 15.2. The molecule has 9 nitrogen and oxygen atoms in total. The van der Waals surface area contributed by atoms with Gasteiger partial charge in [0.15, 0.2) is 0 Å². The molecule has 14 heteroatoms. The Kier molecular flexibility index (Phi) is 51.9. The molecule has 0 bridgehead atoms. The molecule has 0 aliphatic heterocycles. The van der Waals surface area contributed by atoms with Gasteiger partial charge in [0, 0.05) is 0 Å². The van der Waals surface area contributed by atoms with Crippen molar-refractivity contribution < 1.29 is 96.8 Å². The molecule has 0 heterocycles. The maximum absolute atomic E-state index is 8.56. The average molecular weight is 379 g/mol. The van der Waals surface area contributed by atoms with Gasteiger partial charge in [-0.05, 0) is 0 Å². The molecule has 0 saturated heterocycles. The second-order valence-corrected chi connectivity index (χ2v) is 1.95. The van der Waals surface area contributed by atoms with Crippen LogP contribution >= 0.6 is 0 Å². The molecule has 0 radical (unpaired) electrons. The Morgan fingerprint density at radius 1 is 0.714 bits per heavy atom. The minimum absolute atomic E-state index is 0. The van der Waals surface area contributed by atoms with Crippen LogP contribution in [-0.2, 0) is 61.4 Å². The van der Waals surface area contributed by atoms with Gasteiger partial charge in [-0.25, -0.2) is 12.6 Å². The fraction of sp³-hybridized carbons (Fsp3) is 0. The van der Waals surface area contributed by atoms with E-state index < -0.39 is 34.1 Å². The van der Waals surface area contributed by atoms with E-state index in [1.165, 1.54) is 0 Å². The van der Waals surface area contributed by atoms with E-state index in [9.17, 15) is 0 Å². The van der Waals surface area contributed by atoms with Crippen molar-refractivity contribution in [3.8, 4) is 0 Å². The van der Waals surface area contributed by atoms with E-state index in [4.69, 9.17) is 39.9 Å². The quantitative estimate of drug-likeness (QED) is 0.274. The summed E-state index contributed by atoms with van der Waals surface area (Å²) in [5.74, 6) is 0. The van der Waals surface area contributed by atoms with Gasteiger partial charge in [0.25, 0.3) is 0 Å². The van der Waals surface area contributed by atoms with Crippen LogP contribution in [0.15, 0.2) is 0 Å². The van der Waals surface area contributed by atoms with Crippen molar-refractivity contribution in [2.24, 2.45) is 0 Å². The molecule has 0 spiro atoms. The first-order valence-corrected chi connectivity index (χ1v) is 4.64. The molecule has 78 valence electrons. The summed E-state index contributed by atoms with van der Waals surface area (Å²) in [5.41, 5.74) is 0. The molecule has 0 aromatic carbocycles. The topological polar surface area (TPSA) is 181 Å². The summed E-state index contributed by atoms with van der Waals surface area (Å²) < 4.78 is 72.2. The third kappa shape index (κ3) is 536. The molecule has 0 amide bonds. The number of rotatable bonds is 0. The third-order valence-electron chi connectivity index (χ3n) is 0. The third-order valence-corrected chi connectivity index (χ3v) is 0. The van der Waals surface area contributed by atoms with Gasteiger partial charge in [-0.15, -0.1) is 0 Å². The van der Waals surface area contributed by atoms with Crippen LogP contribution in [0.4, 0.5) is 0 Å². The first-order chi connectivity index (χ1) is 5.20. The smallest absolute Gasteiger partial charge is 0.750 e. The Bertz CT molecular complexity index is 118. The Morgan fingerprint density at radius 2 is 0.714 bits per heavy atom. The van der Waals surface area contributed by atoms with E-state index in [-0.39, 0.29) is 56.9 Å². The molecule has 0 saturated carbocycles. The minimum atomic E-state index is -2.86. The first-order valence-electron chi connectivity index (χ1n) is 1.55. The predicted molar refractivity (Wildman–Crippen MR) is 34.6 cm³/mol. The molecule has 0 aliphatic carbocycles. The maximum atomic E-state index is 8.56. The van der Waals surface area contributed by atoms with E-state index >= 15 is 0 Å². The monoisotopic (exact) mass is 380 g/mol. The average Bonchev–Trinajstić information content (AvgIpc) is 1.54. The Labute approximate surface area is 129 Å². The van der Waals surface area contributed by atoms with Crippen LogP contribution in [0.25, 0.3) is 0 Å². The van der Waals surface area contributed by atoms with Crippen molar-refractivity contribution in [1.82, 2.24) is 0 Å². The van der Waals surface area contributed by atoms with Gasteiger partial charge in [0.1, 0.15) is 0 Å². The number of hydrogen-bond donors (Lipinski definition) is 3. The van der Waals surface area contributed by atoms with Crippen molar-refractivity contribution in [2.45, 2.75) is 0 Å². The summed E-state index contributed by atoms with van der Waals surface area (Å²) in [4.78, 5) is 0. The fourth-order valence-corrected chi connectivity index (χ4v) is 0. The Balaban J connectivity index is -0.0000000270. The Morgan fingerprint density at radius 3 is 0.714 bits per heavy atom. The molecule has 3 unspecified atom stereocenters. The minimum Gasteiger partial charge on any atom is -0.750 e. The van der Waals surface area contributed by atoms with Gasteiger partial charge < -0.3 is 27.3 Å². The van der Waals surface area contributed by atoms with Crippen molar-refractivity contribution in [3.05, 3.63) is 0 Å². The maximum Gasteiger partial charge on any atom is 2.00 e. The van der Waals surface area contributed by atoms with Crippen molar-refractivity contribution in [2.75, 3.05) is 0 Å². The number of hydrogen-bond acceptors (Lipinski definition) is 6. The first kappa shape index (κ1) is 29.8. The molecule has 3 atom stereocenters. The van der Waals surface area contributed by atoms with E-state index in [1.54, 1.807) is 0 Å². The molecular formula is H3CdNaO9S3. The second kappa shape index (κ2) is 24.4.